The van der Waals surface area contributed by atoms with Gasteiger partial charge in [-0.15, -0.1) is 6.58 Å². The zero-order valence-electron chi connectivity index (χ0n) is 12.3. The highest BCUT2D eigenvalue weighted by molar-refractivity contribution is 5.33. The van der Waals surface area contributed by atoms with Crippen LogP contribution in [0.2, 0.25) is 0 Å². The molecular weight excluding hydrogens is 254 g/mol. The van der Waals surface area contributed by atoms with Crippen LogP contribution in [0.25, 0.3) is 0 Å². The van der Waals surface area contributed by atoms with Crippen LogP contribution in [0.5, 0.6) is 0 Å². The van der Waals surface area contributed by atoms with Crippen molar-refractivity contribution in [2.24, 2.45) is 0 Å². The normalized spacial score (nSPS) is 11.2. The lowest BCUT2D eigenvalue weighted by Crippen LogP contribution is -2.21. The lowest BCUT2D eigenvalue weighted by molar-refractivity contribution is 0.535. The smallest absolute Gasteiger partial charge is 0.0332 e. The Morgan fingerprint density at radius 2 is 1.67 bits per heavy atom. The first-order valence-corrected chi connectivity index (χ1v) is 7.33. The van der Waals surface area contributed by atoms with Crippen LogP contribution in [-0.2, 0) is 0 Å². The Bertz CT molecular complexity index is 590. The third-order valence-electron chi connectivity index (χ3n) is 3.28. The van der Waals surface area contributed by atoms with E-state index in [0.717, 1.165) is 24.9 Å². The molecule has 2 rings (SSSR count). The number of hydrogen-bond donors (Lipinski definition) is 1. The molecule has 1 N–H and O–H groups in total. The summed E-state index contributed by atoms with van der Waals surface area (Å²) in [6.07, 6.45) is 3.77. The second-order valence-electron chi connectivity index (χ2n) is 4.87. The van der Waals surface area contributed by atoms with E-state index in [2.05, 4.69) is 48.0 Å². The third-order valence-corrected chi connectivity index (χ3v) is 3.28. The summed E-state index contributed by atoms with van der Waals surface area (Å²) in [5.74, 6) is 6.47. The fourth-order valence-electron chi connectivity index (χ4n) is 2.20. The Balaban J connectivity index is 1.93. The van der Waals surface area contributed by atoms with Gasteiger partial charge in [-0.25, -0.2) is 0 Å². The van der Waals surface area contributed by atoms with Crippen LogP contribution in [0.15, 0.2) is 73.3 Å². The lowest BCUT2D eigenvalue weighted by Gasteiger charge is -2.17. The van der Waals surface area contributed by atoms with Gasteiger partial charge in [-0.3, -0.25) is 0 Å². The van der Waals surface area contributed by atoms with Crippen LogP contribution < -0.4 is 5.32 Å². The minimum absolute atomic E-state index is 0.328. The molecule has 0 aliphatic heterocycles. The van der Waals surface area contributed by atoms with E-state index < -0.39 is 0 Å². The standard InChI is InChI=1S/C20H21N/c1-2-17-21-20(19-14-7-4-8-15-19)16-10-9-13-18-11-5-3-6-12-18/h2-8,11-12,14-15,20-21H,1,10,16-17H2. The molecule has 1 heteroatoms. The maximum atomic E-state index is 3.77. The van der Waals surface area contributed by atoms with Gasteiger partial charge >= 0.3 is 0 Å². The van der Waals surface area contributed by atoms with Gasteiger partial charge in [0.25, 0.3) is 0 Å². The fraction of sp³-hybridized carbons (Fsp3) is 0.200. The Kier molecular flexibility index (Phi) is 6.32. The van der Waals surface area contributed by atoms with Crippen LogP contribution in [0.4, 0.5) is 0 Å². The van der Waals surface area contributed by atoms with Crippen molar-refractivity contribution in [2.75, 3.05) is 6.54 Å². The molecule has 0 fully saturated rings. The van der Waals surface area contributed by atoms with E-state index in [9.17, 15) is 0 Å². The van der Waals surface area contributed by atoms with Gasteiger partial charge in [0.2, 0.25) is 0 Å². The summed E-state index contributed by atoms with van der Waals surface area (Å²) in [5, 5.41) is 3.50. The quantitative estimate of drug-likeness (QED) is 0.611. The van der Waals surface area contributed by atoms with Crippen molar-refractivity contribution in [2.45, 2.75) is 18.9 Å². The van der Waals surface area contributed by atoms with Gasteiger partial charge in [0.15, 0.2) is 0 Å². The summed E-state index contributed by atoms with van der Waals surface area (Å²) in [4.78, 5) is 0. The number of nitrogens with one attached hydrogen (secondary N) is 1. The molecule has 1 unspecified atom stereocenters. The molecule has 0 radical (unpaired) electrons. The van der Waals surface area contributed by atoms with Crippen molar-refractivity contribution in [1.82, 2.24) is 5.32 Å². The van der Waals surface area contributed by atoms with E-state index in [-0.39, 0.29) is 0 Å². The zero-order valence-corrected chi connectivity index (χ0v) is 12.3. The van der Waals surface area contributed by atoms with E-state index in [1.165, 1.54) is 5.56 Å². The van der Waals surface area contributed by atoms with E-state index >= 15 is 0 Å². The molecular formula is C20H21N. The summed E-state index contributed by atoms with van der Waals surface area (Å²) in [6.45, 7) is 4.58. The highest BCUT2D eigenvalue weighted by atomic mass is 14.9. The van der Waals surface area contributed by atoms with E-state index in [0.29, 0.717) is 6.04 Å². The van der Waals surface area contributed by atoms with Gasteiger partial charge in [0.1, 0.15) is 0 Å². The summed E-state index contributed by atoms with van der Waals surface area (Å²) in [5.41, 5.74) is 2.38. The summed E-state index contributed by atoms with van der Waals surface area (Å²) >= 11 is 0. The Morgan fingerprint density at radius 3 is 2.33 bits per heavy atom. The molecule has 0 saturated heterocycles. The van der Waals surface area contributed by atoms with E-state index in [1.54, 1.807) is 0 Å². The van der Waals surface area contributed by atoms with Crippen LogP contribution in [0.1, 0.15) is 30.0 Å². The average Bonchev–Trinajstić information content (AvgIpc) is 2.56. The maximum Gasteiger partial charge on any atom is 0.0332 e. The second kappa shape index (κ2) is 8.79. The number of benzene rings is 2. The SMILES string of the molecule is C=CCNC(CCC#Cc1ccccc1)c1ccccc1. The van der Waals surface area contributed by atoms with E-state index in [1.807, 2.05) is 42.5 Å². The number of hydrogen-bond acceptors (Lipinski definition) is 1. The van der Waals surface area contributed by atoms with Gasteiger partial charge in [0, 0.05) is 24.6 Å². The predicted octanol–water partition coefficient (Wildman–Crippen LogP) is 4.34. The van der Waals surface area contributed by atoms with Gasteiger partial charge in [0.05, 0.1) is 0 Å². The van der Waals surface area contributed by atoms with Gasteiger partial charge < -0.3 is 5.32 Å². The van der Waals surface area contributed by atoms with Crippen molar-refractivity contribution in [3.63, 3.8) is 0 Å². The first kappa shape index (κ1) is 15.1. The molecule has 0 heterocycles. The fourth-order valence-corrected chi connectivity index (χ4v) is 2.20. The van der Waals surface area contributed by atoms with Gasteiger partial charge in [-0.2, -0.15) is 0 Å². The molecule has 0 aliphatic rings. The molecule has 0 bridgehead atoms. The van der Waals surface area contributed by atoms with Crippen LogP contribution >= 0.6 is 0 Å². The number of rotatable bonds is 6. The van der Waals surface area contributed by atoms with Crippen molar-refractivity contribution in [3.8, 4) is 11.8 Å². The summed E-state index contributed by atoms with van der Waals surface area (Å²) < 4.78 is 0. The Morgan fingerprint density at radius 1 is 1.00 bits per heavy atom. The van der Waals surface area contributed by atoms with Crippen molar-refractivity contribution >= 4 is 0 Å². The topological polar surface area (TPSA) is 12.0 Å². The maximum absolute atomic E-state index is 3.77. The zero-order chi connectivity index (χ0) is 14.8. The van der Waals surface area contributed by atoms with Crippen LogP contribution in [0.3, 0.4) is 0 Å². The molecule has 0 amide bonds. The summed E-state index contributed by atoms with van der Waals surface area (Å²) in [6, 6.07) is 21.0. The van der Waals surface area contributed by atoms with Crippen LogP contribution in [-0.4, -0.2) is 6.54 Å². The predicted molar refractivity (Wildman–Crippen MR) is 89.9 cm³/mol. The average molecular weight is 275 g/mol. The largest absolute Gasteiger partial charge is 0.306 e. The molecule has 2 aromatic rings. The molecule has 0 aliphatic carbocycles. The molecule has 0 aromatic heterocycles. The Hall–Kier alpha value is -2.30. The van der Waals surface area contributed by atoms with Crippen molar-refractivity contribution < 1.29 is 0 Å². The molecule has 21 heavy (non-hydrogen) atoms. The lowest BCUT2D eigenvalue weighted by atomic mass is 10.0. The third kappa shape index (κ3) is 5.30. The van der Waals surface area contributed by atoms with Crippen molar-refractivity contribution in [3.05, 3.63) is 84.4 Å². The first-order valence-electron chi connectivity index (χ1n) is 7.33. The molecule has 1 atom stereocenters. The minimum Gasteiger partial charge on any atom is -0.306 e. The second-order valence-corrected chi connectivity index (χ2v) is 4.87. The molecule has 0 saturated carbocycles. The molecule has 0 spiro atoms. The monoisotopic (exact) mass is 275 g/mol. The van der Waals surface area contributed by atoms with E-state index in [4.69, 9.17) is 0 Å². The summed E-state index contributed by atoms with van der Waals surface area (Å²) in [7, 11) is 0. The highest BCUT2D eigenvalue weighted by Crippen LogP contribution is 2.17. The molecule has 2 aromatic carbocycles. The Labute approximate surface area is 127 Å². The van der Waals surface area contributed by atoms with Crippen LogP contribution in [0, 0.1) is 11.8 Å². The first-order chi connectivity index (χ1) is 10.4. The van der Waals surface area contributed by atoms with Gasteiger partial charge in [-0.1, -0.05) is 66.4 Å². The molecule has 106 valence electrons. The highest BCUT2D eigenvalue weighted by Gasteiger charge is 2.08. The van der Waals surface area contributed by atoms with Crippen molar-refractivity contribution in [1.29, 1.82) is 0 Å². The van der Waals surface area contributed by atoms with Gasteiger partial charge in [-0.05, 0) is 24.1 Å². The molecule has 1 nitrogen and oxygen atoms in total. The minimum atomic E-state index is 0.328.